The topological polar surface area (TPSA) is 120 Å². The Morgan fingerprint density at radius 3 is 2.73 bits per heavy atom. The highest BCUT2D eigenvalue weighted by atomic mass is 32.2. The Morgan fingerprint density at radius 2 is 1.97 bits per heavy atom. The fraction of sp³-hybridized carbons (Fsp3) is 0.579. The number of morpholine rings is 1. The monoisotopic (exact) mass is 442 g/mol. The minimum absolute atomic E-state index is 0.00352. The number of nitrogens with zero attached hydrogens (tertiary/aromatic N) is 1. The van der Waals surface area contributed by atoms with Gasteiger partial charge < -0.3 is 23.8 Å². The highest BCUT2D eigenvalue weighted by Crippen LogP contribution is 2.32. The van der Waals surface area contributed by atoms with Crippen LogP contribution in [0.3, 0.4) is 0 Å². The van der Waals surface area contributed by atoms with Crippen LogP contribution in [0.2, 0.25) is 0 Å². The number of hydrogen-bond acceptors (Lipinski definition) is 8. The van der Waals surface area contributed by atoms with Gasteiger partial charge in [-0.3, -0.25) is 9.59 Å². The van der Waals surface area contributed by atoms with Crippen molar-refractivity contribution in [2.24, 2.45) is 0 Å². The third-order valence-electron chi connectivity index (χ3n) is 4.62. The van der Waals surface area contributed by atoms with Gasteiger partial charge in [-0.25, -0.2) is 13.1 Å². The van der Waals surface area contributed by atoms with Gasteiger partial charge in [0.25, 0.3) is 5.91 Å². The van der Waals surface area contributed by atoms with Gasteiger partial charge in [0.05, 0.1) is 17.6 Å². The van der Waals surface area contributed by atoms with E-state index in [1.165, 1.54) is 12.1 Å². The first-order chi connectivity index (χ1) is 14.3. The molecule has 30 heavy (non-hydrogen) atoms. The van der Waals surface area contributed by atoms with E-state index in [0.717, 1.165) is 0 Å². The van der Waals surface area contributed by atoms with E-state index < -0.39 is 16.0 Å². The van der Waals surface area contributed by atoms with Crippen LogP contribution in [0.4, 0.5) is 0 Å². The fourth-order valence-corrected chi connectivity index (χ4v) is 4.15. The van der Waals surface area contributed by atoms with Crippen LogP contribution in [-0.4, -0.2) is 77.4 Å². The molecule has 1 N–H and O–H groups in total. The molecule has 1 amide bonds. The first-order valence-electron chi connectivity index (χ1n) is 9.79. The van der Waals surface area contributed by atoms with Crippen molar-refractivity contribution in [3.05, 3.63) is 18.2 Å². The molecule has 0 aromatic heterocycles. The second-order valence-electron chi connectivity index (χ2n) is 6.99. The fourth-order valence-electron chi connectivity index (χ4n) is 3.06. The van der Waals surface area contributed by atoms with Crippen LogP contribution in [0.5, 0.6) is 11.5 Å². The van der Waals surface area contributed by atoms with E-state index in [-0.39, 0.29) is 42.9 Å². The summed E-state index contributed by atoms with van der Waals surface area (Å²) in [5, 5.41) is 0. The second kappa shape index (κ2) is 10.1. The van der Waals surface area contributed by atoms with Crippen molar-refractivity contribution in [1.82, 2.24) is 9.62 Å². The quantitative estimate of drug-likeness (QED) is 0.451. The Balaban J connectivity index is 1.37. The second-order valence-corrected chi connectivity index (χ2v) is 8.76. The number of carbonyl (C=O) groups excluding carboxylic acids is 2. The number of carbonyl (C=O) groups is 2. The number of fused-ring (bicyclic) bond motifs is 1. The normalized spacial score (nSPS) is 18.7. The van der Waals surface area contributed by atoms with Crippen LogP contribution in [0.25, 0.3) is 0 Å². The zero-order chi connectivity index (χ0) is 21.6. The van der Waals surface area contributed by atoms with Gasteiger partial charge in [0.15, 0.2) is 18.1 Å². The maximum atomic E-state index is 12.4. The average molecular weight is 442 g/mol. The first kappa shape index (κ1) is 22.3. The van der Waals surface area contributed by atoms with Gasteiger partial charge in [-0.2, -0.15) is 0 Å². The number of esters is 1. The maximum absolute atomic E-state index is 12.4. The highest BCUT2D eigenvalue weighted by Gasteiger charge is 2.22. The number of ether oxygens (including phenoxy) is 4. The van der Waals surface area contributed by atoms with Gasteiger partial charge in [0, 0.05) is 32.1 Å². The van der Waals surface area contributed by atoms with Crippen molar-refractivity contribution in [2.75, 3.05) is 46.1 Å². The molecule has 2 aliphatic heterocycles. The van der Waals surface area contributed by atoms with Gasteiger partial charge in [-0.1, -0.05) is 0 Å². The van der Waals surface area contributed by atoms with Gasteiger partial charge in [-0.15, -0.1) is 0 Å². The van der Waals surface area contributed by atoms with Gasteiger partial charge >= 0.3 is 5.97 Å². The molecule has 0 bridgehead atoms. The van der Waals surface area contributed by atoms with Crippen molar-refractivity contribution in [3.8, 4) is 11.5 Å². The minimum atomic E-state index is -3.75. The van der Waals surface area contributed by atoms with Crippen LogP contribution < -0.4 is 14.2 Å². The van der Waals surface area contributed by atoms with Gasteiger partial charge in [0.1, 0.15) is 13.2 Å². The molecule has 1 unspecified atom stereocenters. The number of sulfonamides is 1. The Bertz CT molecular complexity index is 873. The summed E-state index contributed by atoms with van der Waals surface area (Å²) in [6.45, 7) is 3.79. The molecule has 166 valence electrons. The van der Waals surface area contributed by atoms with Gasteiger partial charge in [0.2, 0.25) is 10.0 Å². The Morgan fingerprint density at radius 1 is 1.20 bits per heavy atom. The van der Waals surface area contributed by atoms with Crippen LogP contribution in [0, 0.1) is 0 Å². The van der Waals surface area contributed by atoms with E-state index in [1.54, 1.807) is 11.0 Å². The van der Waals surface area contributed by atoms with Crippen molar-refractivity contribution in [1.29, 1.82) is 0 Å². The molecule has 1 aromatic carbocycles. The molecule has 0 spiro atoms. The molecule has 1 aromatic rings. The first-order valence-corrected chi connectivity index (χ1v) is 11.3. The molecule has 2 aliphatic rings. The molecule has 3 rings (SSSR count). The number of nitrogens with one attached hydrogen (secondary N) is 1. The zero-order valence-corrected chi connectivity index (χ0v) is 17.6. The van der Waals surface area contributed by atoms with Gasteiger partial charge in [-0.05, 0) is 25.5 Å². The predicted octanol–water partition coefficient (Wildman–Crippen LogP) is 0.307. The van der Waals surface area contributed by atoms with E-state index in [4.69, 9.17) is 18.9 Å². The molecule has 0 aliphatic carbocycles. The third kappa shape index (κ3) is 6.07. The summed E-state index contributed by atoms with van der Waals surface area (Å²) in [5.74, 6) is 0.0667. The van der Waals surface area contributed by atoms with E-state index in [1.807, 2.05) is 6.92 Å². The summed E-state index contributed by atoms with van der Waals surface area (Å²) in [7, 11) is -3.75. The lowest BCUT2D eigenvalue weighted by molar-refractivity contribution is -0.154. The summed E-state index contributed by atoms with van der Waals surface area (Å²) in [6.07, 6.45) is 0.197. The van der Waals surface area contributed by atoms with E-state index in [9.17, 15) is 18.0 Å². The SMILES string of the molecule is CC1CN(C(=O)COC(=O)CCCNS(=O)(=O)c2ccc3c(c2)OCCO3)CCO1. The summed E-state index contributed by atoms with van der Waals surface area (Å²) in [4.78, 5) is 25.5. The van der Waals surface area contributed by atoms with Crippen LogP contribution in [-0.2, 0) is 29.1 Å². The predicted molar refractivity (Wildman–Crippen MR) is 105 cm³/mol. The van der Waals surface area contributed by atoms with Crippen molar-refractivity contribution in [2.45, 2.75) is 30.8 Å². The zero-order valence-electron chi connectivity index (χ0n) is 16.8. The summed E-state index contributed by atoms with van der Waals surface area (Å²) < 4.78 is 48.4. The number of amides is 1. The molecular formula is C19H26N2O8S. The minimum Gasteiger partial charge on any atom is -0.486 e. The standard InChI is InChI=1S/C19H26N2O8S/c1-14-12-21(7-8-26-14)18(22)13-29-19(23)3-2-6-20-30(24,25)15-4-5-16-17(11-15)28-10-9-27-16/h4-5,11,14,20H,2-3,6-10,12-13H2,1H3. The molecule has 0 radical (unpaired) electrons. The molecule has 10 nitrogen and oxygen atoms in total. The Hall–Kier alpha value is -2.37. The Kier molecular flexibility index (Phi) is 7.51. The summed E-state index contributed by atoms with van der Waals surface area (Å²) in [5.41, 5.74) is 0. The van der Waals surface area contributed by atoms with Crippen LogP contribution >= 0.6 is 0 Å². The third-order valence-corrected chi connectivity index (χ3v) is 6.08. The molecule has 1 saturated heterocycles. The van der Waals surface area contributed by atoms with Crippen LogP contribution in [0.15, 0.2) is 23.1 Å². The molecule has 11 heteroatoms. The Labute approximate surface area is 175 Å². The lowest BCUT2D eigenvalue weighted by Gasteiger charge is -2.30. The van der Waals surface area contributed by atoms with Crippen molar-refractivity contribution in [3.63, 3.8) is 0 Å². The average Bonchev–Trinajstić information content (AvgIpc) is 2.74. The molecule has 1 fully saturated rings. The number of hydrogen-bond donors (Lipinski definition) is 1. The lowest BCUT2D eigenvalue weighted by atomic mass is 10.3. The van der Waals surface area contributed by atoms with Crippen molar-refractivity contribution < 1.29 is 37.0 Å². The molecule has 2 heterocycles. The summed E-state index contributed by atoms with van der Waals surface area (Å²) >= 11 is 0. The maximum Gasteiger partial charge on any atom is 0.306 e. The molecular weight excluding hydrogens is 416 g/mol. The number of benzene rings is 1. The van der Waals surface area contributed by atoms with E-state index in [2.05, 4.69) is 4.72 Å². The van der Waals surface area contributed by atoms with E-state index in [0.29, 0.717) is 44.4 Å². The van der Waals surface area contributed by atoms with Crippen molar-refractivity contribution >= 4 is 21.9 Å². The van der Waals surface area contributed by atoms with E-state index >= 15 is 0 Å². The molecule has 1 atom stereocenters. The largest absolute Gasteiger partial charge is 0.486 e. The number of rotatable bonds is 8. The lowest BCUT2D eigenvalue weighted by Crippen LogP contribution is -2.46. The van der Waals surface area contributed by atoms with Crippen LogP contribution in [0.1, 0.15) is 19.8 Å². The smallest absolute Gasteiger partial charge is 0.306 e. The highest BCUT2D eigenvalue weighted by molar-refractivity contribution is 7.89. The molecule has 0 saturated carbocycles. The summed E-state index contributed by atoms with van der Waals surface area (Å²) in [6, 6.07) is 4.39.